The Balaban J connectivity index is 1.81. The first-order valence-electron chi connectivity index (χ1n) is 7.10. The van der Waals surface area contributed by atoms with Crippen LogP contribution < -0.4 is 15.5 Å². The Morgan fingerprint density at radius 1 is 1.27 bits per heavy atom. The van der Waals surface area contributed by atoms with Crippen molar-refractivity contribution in [2.24, 2.45) is 0 Å². The summed E-state index contributed by atoms with van der Waals surface area (Å²) >= 11 is 6.21. The SMILES string of the molecule is CC1CN(c2ccccc2F)CCN1c1ncnc(N)c1Cl. The van der Waals surface area contributed by atoms with Crippen LogP contribution in [0.4, 0.5) is 21.7 Å². The fraction of sp³-hybridized carbons (Fsp3) is 0.333. The Bertz CT molecular complexity index is 681. The zero-order chi connectivity index (χ0) is 15.7. The topological polar surface area (TPSA) is 58.3 Å². The molecule has 2 heterocycles. The number of piperazine rings is 1. The van der Waals surface area contributed by atoms with E-state index in [1.807, 2.05) is 11.0 Å². The van der Waals surface area contributed by atoms with Gasteiger partial charge >= 0.3 is 0 Å². The molecule has 2 aromatic rings. The van der Waals surface area contributed by atoms with Gasteiger partial charge in [0.25, 0.3) is 0 Å². The number of halogens is 2. The van der Waals surface area contributed by atoms with E-state index < -0.39 is 0 Å². The minimum atomic E-state index is -0.201. The van der Waals surface area contributed by atoms with Crippen molar-refractivity contribution in [1.82, 2.24) is 9.97 Å². The highest BCUT2D eigenvalue weighted by Gasteiger charge is 2.28. The van der Waals surface area contributed by atoms with Crippen LogP contribution in [0.2, 0.25) is 5.02 Å². The zero-order valence-electron chi connectivity index (χ0n) is 12.2. The average Bonchev–Trinajstić information content (AvgIpc) is 2.51. The molecule has 1 saturated heterocycles. The third-order valence-electron chi connectivity index (χ3n) is 3.89. The molecule has 1 atom stereocenters. The number of anilines is 3. The fourth-order valence-electron chi connectivity index (χ4n) is 2.77. The molecule has 1 aromatic heterocycles. The summed E-state index contributed by atoms with van der Waals surface area (Å²) in [6.45, 7) is 4.11. The van der Waals surface area contributed by atoms with Gasteiger partial charge in [-0.3, -0.25) is 0 Å². The molecule has 3 rings (SSSR count). The van der Waals surface area contributed by atoms with E-state index in [-0.39, 0.29) is 17.7 Å². The first-order valence-corrected chi connectivity index (χ1v) is 7.48. The van der Waals surface area contributed by atoms with Crippen LogP contribution in [0.25, 0.3) is 0 Å². The number of nitrogens with zero attached hydrogens (tertiary/aromatic N) is 4. The van der Waals surface area contributed by atoms with E-state index in [1.165, 1.54) is 12.4 Å². The molecule has 0 spiro atoms. The molecule has 1 aromatic carbocycles. The predicted molar refractivity (Wildman–Crippen MR) is 86.9 cm³/mol. The molecule has 116 valence electrons. The van der Waals surface area contributed by atoms with Gasteiger partial charge in [0.05, 0.1) is 5.69 Å². The molecular weight excluding hydrogens is 305 g/mol. The minimum absolute atomic E-state index is 0.125. The van der Waals surface area contributed by atoms with Crippen molar-refractivity contribution in [1.29, 1.82) is 0 Å². The van der Waals surface area contributed by atoms with Crippen LogP contribution in [0.3, 0.4) is 0 Å². The molecule has 1 fully saturated rings. The highest BCUT2D eigenvalue weighted by Crippen LogP contribution is 2.31. The third kappa shape index (κ3) is 2.66. The highest BCUT2D eigenvalue weighted by molar-refractivity contribution is 6.35. The van der Waals surface area contributed by atoms with Crippen LogP contribution in [-0.4, -0.2) is 35.6 Å². The molecule has 7 heteroatoms. The second-order valence-electron chi connectivity index (χ2n) is 5.34. The summed E-state index contributed by atoms with van der Waals surface area (Å²) in [6, 6.07) is 6.95. The van der Waals surface area contributed by atoms with Gasteiger partial charge in [-0.05, 0) is 19.1 Å². The van der Waals surface area contributed by atoms with Crippen molar-refractivity contribution in [2.75, 3.05) is 35.2 Å². The Hall–Kier alpha value is -2.08. The number of nitrogens with two attached hydrogens (primary N) is 1. The first kappa shape index (κ1) is 14.8. The Morgan fingerprint density at radius 3 is 2.77 bits per heavy atom. The normalized spacial score (nSPS) is 18.6. The van der Waals surface area contributed by atoms with E-state index in [2.05, 4.69) is 21.8 Å². The molecule has 5 nitrogen and oxygen atoms in total. The third-order valence-corrected chi connectivity index (χ3v) is 4.25. The van der Waals surface area contributed by atoms with E-state index in [0.29, 0.717) is 36.2 Å². The van der Waals surface area contributed by atoms with Crippen molar-refractivity contribution < 1.29 is 4.39 Å². The molecule has 1 aliphatic rings. The summed E-state index contributed by atoms with van der Waals surface area (Å²) in [7, 11) is 0. The summed E-state index contributed by atoms with van der Waals surface area (Å²) < 4.78 is 13.9. The Labute approximate surface area is 133 Å². The lowest BCUT2D eigenvalue weighted by molar-refractivity contribution is 0.533. The van der Waals surface area contributed by atoms with Gasteiger partial charge in [-0.15, -0.1) is 0 Å². The van der Waals surface area contributed by atoms with Crippen molar-refractivity contribution in [3.05, 3.63) is 41.4 Å². The number of rotatable bonds is 2. The predicted octanol–water partition coefficient (Wildman–Crippen LogP) is 2.57. The lowest BCUT2D eigenvalue weighted by atomic mass is 10.1. The summed E-state index contributed by atoms with van der Waals surface area (Å²) in [5.74, 6) is 0.706. The van der Waals surface area contributed by atoms with Gasteiger partial charge in [0, 0.05) is 25.7 Å². The number of benzene rings is 1. The summed E-state index contributed by atoms with van der Waals surface area (Å²) in [6.07, 6.45) is 1.41. The van der Waals surface area contributed by atoms with Gasteiger partial charge in [-0.1, -0.05) is 23.7 Å². The maximum absolute atomic E-state index is 13.9. The standard InChI is InChI=1S/C15H17ClFN5/c1-10-8-21(12-5-3-2-4-11(12)17)6-7-22(10)15-13(16)14(18)19-9-20-15/h2-5,9-10H,6-8H2,1H3,(H2,18,19,20). The number of hydrogen-bond acceptors (Lipinski definition) is 5. The zero-order valence-corrected chi connectivity index (χ0v) is 13.0. The summed E-state index contributed by atoms with van der Waals surface area (Å²) in [4.78, 5) is 12.2. The van der Waals surface area contributed by atoms with Crippen molar-refractivity contribution in [3.63, 3.8) is 0 Å². The van der Waals surface area contributed by atoms with Gasteiger partial charge in [-0.25, -0.2) is 14.4 Å². The van der Waals surface area contributed by atoms with Crippen molar-refractivity contribution in [2.45, 2.75) is 13.0 Å². The van der Waals surface area contributed by atoms with Crippen LogP contribution in [0.1, 0.15) is 6.92 Å². The Kier molecular flexibility index (Phi) is 4.02. The van der Waals surface area contributed by atoms with Gasteiger partial charge in [0.1, 0.15) is 23.0 Å². The molecule has 1 aliphatic heterocycles. The van der Waals surface area contributed by atoms with Crippen LogP contribution in [-0.2, 0) is 0 Å². The highest BCUT2D eigenvalue weighted by atomic mass is 35.5. The molecule has 22 heavy (non-hydrogen) atoms. The first-order chi connectivity index (χ1) is 10.6. The van der Waals surface area contributed by atoms with Gasteiger partial charge in [0.2, 0.25) is 0 Å². The molecule has 0 aliphatic carbocycles. The summed E-state index contributed by atoms with van der Waals surface area (Å²) in [5.41, 5.74) is 6.37. The smallest absolute Gasteiger partial charge is 0.153 e. The second-order valence-corrected chi connectivity index (χ2v) is 5.71. The molecular formula is C15H17ClFN5. The van der Waals surface area contributed by atoms with E-state index in [9.17, 15) is 4.39 Å². The van der Waals surface area contributed by atoms with E-state index >= 15 is 0 Å². The maximum atomic E-state index is 13.9. The molecule has 1 unspecified atom stereocenters. The monoisotopic (exact) mass is 321 g/mol. The van der Waals surface area contributed by atoms with Crippen LogP contribution in [0, 0.1) is 5.82 Å². The van der Waals surface area contributed by atoms with Crippen LogP contribution in [0.5, 0.6) is 0 Å². The van der Waals surface area contributed by atoms with Gasteiger partial charge in [-0.2, -0.15) is 0 Å². The van der Waals surface area contributed by atoms with E-state index in [0.717, 1.165) is 0 Å². The van der Waals surface area contributed by atoms with E-state index in [4.69, 9.17) is 17.3 Å². The minimum Gasteiger partial charge on any atom is -0.382 e. The fourth-order valence-corrected chi connectivity index (χ4v) is 2.98. The molecule has 2 N–H and O–H groups in total. The summed E-state index contributed by atoms with van der Waals surface area (Å²) in [5, 5.41) is 0.369. The van der Waals surface area contributed by atoms with Gasteiger partial charge in [0.15, 0.2) is 5.82 Å². The number of para-hydroxylation sites is 1. The second kappa shape index (κ2) is 5.96. The average molecular weight is 322 g/mol. The van der Waals surface area contributed by atoms with E-state index in [1.54, 1.807) is 12.1 Å². The van der Waals surface area contributed by atoms with Gasteiger partial charge < -0.3 is 15.5 Å². The Morgan fingerprint density at radius 2 is 2.05 bits per heavy atom. The molecule has 0 saturated carbocycles. The maximum Gasteiger partial charge on any atom is 0.153 e. The number of nitrogen functional groups attached to an aromatic ring is 1. The van der Waals surface area contributed by atoms with Crippen LogP contribution in [0.15, 0.2) is 30.6 Å². The van der Waals surface area contributed by atoms with Crippen molar-refractivity contribution >= 4 is 28.9 Å². The largest absolute Gasteiger partial charge is 0.382 e. The van der Waals surface area contributed by atoms with Crippen LogP contribution >= 0.6 is 11.6 Å². The molecule has 0 bridgehead atoms. The van der Waals surface area contributed by atoms with Crippen molar-refractivity contribution in [3.8, 4) is 0 Å². The molecule has 0 radical (unpaired) electrons. The lowest BCUT2D eigenvalue weighted by Gasteiger charge is -2.41. The quantitative estimate of drug-likeness (QED) is 0.921. The number of hydrogen-bond donors (Lipinski definition) is 1. The number of aromatic nitrogens is 2. The lowest BCUT2D eigenvalue weighted by Crippen LogP contribution is -2.52. The molecule has 0 amide bonds.